The van der Waals surface area contributed by atoms with E-state index in [9.17, 15) is 4.79 Å². The maximum absolute atomic E-state index is 13.0. The first-order valence-electron chi connectivity index (χ1n) is 8.78. The Balaban J connectivity index is 1.90. The number of allylic oxidation sites excluding steroid dienone is 1. The molecule has 4 nitrogen and oxygen atoms in total. The van der Waals surface area contributed by atoms with Gasteiger partial charge in [0.15, 0.2) is 5.78 Å². The van der Waals surface area contributed by atoms with Gasteiger partial charge in [0.1, 0.15) is 11.8 Å². The highest BCUT2D eigenvalue weighted by molar-refractivity contribution is 6.01. The van der Waals surface area contributed by atoms with E-state index in [0.717, 1.165) is 34.8 Å². The zero-order chi connectivity index (χ0) is 17.8. The van der Waals surface area contributed by atoms with Gasteiger partial charge in [-0.25, -0.2) is 0 Å². The number of carbonyl (C=O) groups excluding carboxylic acids is 1. The molecule has 2 aromatic rings. The number of hydrogen-bond donors (Lipinski definition) is 2. The molecule has 0 saturated heterocycles. The van der Waals surface area contributed by atoms with Crippen LogP contribution in [0.1, 0.15) is 49.6 Å². The van der Waals surface area contributed by atoms with Crippen LogP contribution < -0.4 is 10.6 Å². The van der Waals surface area contributed by atoms with Gasteiger partial charge in [0.2, 0.25) is 0 Å². The molecule has 2 heterocycles. The maximum Gasteiger partial charge on any atom is 0.163 e. The highest BCUT2D eigenvalue weighted by Crippen LogP contribution is 2.45. The minimum absolute atomic E-state index is 0.0408. The van der Waals surface area contributed by atoms with Gasteiger partial charge in [-0.15, -0.1) is 0 Å². The summed E-state index contributed by atoms with van der Waals surface area (Å²) < 4.78 is 5.67. The average Bonchev–Trinajstić information content (AvgIpc) is 2.98. The topological polar surface area (TPSA) is 54.3 Å². The van der Waals surface area contributed by atoms with Gasteiger partial charge in [0.25, 0.3) is 0 Å². The van der Waals surface area contributed by atoms with Crippen LogP contribution in [0.5, 0.6) is 0 Å². The molecule has 2 N–H and O–H groups in total. The minimum atomic E-state index is -0.260. The molecule has 25 heavy (non-hydrogen) atoms. The fourth-order valence-corrected chi connectivity index (χ4v) is 3.88. The van der Waals surface area contributed by atoms with Crippen LogP contribution in [0.3, 0.4) is 0 Å². The first-order chi connectivity index (χ1) is 11.8. The Kier molecular flexibility index (Phi) is 3.53. The summed E-state index contributed by atoms with van der Waals surface area (Å²) in [6.07, 6.45) is 3.06. The second-order valence-electron chi connectivity index (χ2n) is 8.03. The van der Waals surface area contributed by atoms with Crippen molar-refractivity contribution in [3.63, 3.8) is 0 Å². The van der Waals surface area contributed by atoms with Crippen molar-refractivity contribution in [2.75, 3.05) is 10.6 Å². The quantitative estimate of drug-likeness (QED) is 0.759. The first-order valence-corrected chi connectivity index (χ1v) is 8.78. The lowest BCUT2D eigenvalue weighted by molar-refractivity contribution is -0.118. The molecule has 1 atom stereocenters. The predicted molar refractivity (Wildman–Crippen MR) is 99.7 cm³/mol. The lowest BCUT2D eigenvalue weighted by Gasteiger charge is -2.33. The second kappa shape index (κ2) is 5.51. The van der Waals surface area contributed by atoms with Crippen LogP contribution in [0.4, 0.5) is 11.4 Å². The largest absolute Gasteiger partial charge is 0.467 e. The highest BCUT2D eigenvalue weighted by atomic mass is 16.3. The molecule has 0 spiro atoms. The van der Waals surface area contributed by atoms with Gasteiger partial charge in [-0.1, -0.05) is 13.8 Å². The van der Waals surface area contributed by atoms with Crippen molar-refractivity contribution in [3.05, 3.63) is 58.7 Å². The molecule has 1 aliphatic heterocycles. The number of ketones is 1. The summed E-state index contributed by atoms with van der Waals surface area (Å²) in [5, 5.41) is 7.11. The maximum atomic E-state index is 13.0. The Hall–Kier alpha value is -2.49. The molecule has 0 fully saturated rings. The van der Waals surface area contributed by atoms with Crippen LogP contribution in [0.2, 0.25) is 0 Å². The number of nitrogens with one attached hydrogen (secondary N) is 2. The smallest absolute Gasteiger partial charge is 0.163 e. The van der Waals surface area contributed by atoms with Crippen molar-refractivity contribution >= 4 is 17.2 Å². The summed E-state index contributed by atoms with van der Waals surface area (Å²) in [6, 6.07) is 7.83. The fraction of sp³-hybridized carbons (Fsp3) is 0.381. The zero-order valence-corrected chi connectivity index (χ0v) is 15.2. The Morgan fingerprint density at radius 3 is 2.52 bits per heavy atom. The molecule has 2 aliphatic rings. The van der Waals surface area contributed by atoms with E-state index in [-0.39, 0.29) is 17.2 Å². The summed E-state index contributed by atoms with van der Waals surface area (Å²) in [4.78, 5) is 13.0. The van der Waals surface area contributed by atoms with Crippen molar-refractivity contribution < 1.29 is 9.21 Å². The number of anilines is 2. The summed E-state index contributed by atoms with van der Waals surface area (Å²) in [6.45, 7) is 8.51. The van der Waals surface area contributed by atoms with E-state index >= 15 is 0 Å². The first kappa shape index (κ1) is 16.0. The highest BCUT2D eigenvalue weighted by Gasteiger charge is 2.39. The standard InChI is InChI=1S/C21H24N2O2/c1-12-8-14-15(9-13(12)2)23-20(18-6-5-7-25-18)19-16(22-14)10-21(3,4)11-17(19)24/h5-9,20,22-23H,10-11H2,1-4H3/t20-/m0/s1. The number of aryl methyl sites for hydroxylation is 2. The number of fused-ring (bicyclic) bond motifs is 1. The van der Waals surface area contributed by atoms with Crippen LogP contribution in [-0.2, 0) is 4.79 Å². The van der Waals surface area contributed by atoms with E-state index in [1.807, 2.05) is 12.1 Å². The van der Waals surface area contributed by atoms with Gasteiger partial charge in [0.05, 0.1) is 17.6 Å². The zero-order valence-electron chi connectivity index (χ0n) is 15.2. The molecule has 4 heteroatoms. The monoisotopic (exact) mass is 336 g/mol. The van der Waals surface area contributed by atoms with Gasteiger partial charge in [-0.2, -0.15) is 0 Å². The Morgan fingerprint density at radius 2 is 1.84 bits per heavy atom. The molecule has 4 rings (SSSR count). The molecule has 0 bridgehead atoms. The molecule has 1 aromatic carbocycles. The lowest BCUT2D eigenvalue weighted by atomic mass is 9.74. The third-order valence-electron chi connectivity index (χ3n) is 5.26. The van der Waals surface area contributed by atoms with E-state index in [1.54, 1.807) is 6.26 Å². The molecule has 1 aromatic heterocycles. The summed E-state index contributed by atoms with van der Waals surface area (Å²) >= 11 is 0. The molecule has 0 amide bonds. The van der Waals surface area contributed by atoms with Crippen molar-refractivity contribution in [2.45, 2.75) is 46.6 Å². The number of Topliss-reactive ketones (excluding diaryl/α,β-unsaturated/α-hetero) is 1. The van der Waals surface area contributed by atoms with Gasteiger partial charge in [0, 0.05) is 17.7 Å². The SMILES string of the molecule is Cc1cc2c(cc1C)N[C@@H](c1ccco1)C1=C(CC(C)(C)CC1=O)N2. The van der Waals surface area contributed by atoms with E-state index in [1.165, 1.54) is 11.1 Å². The number of benzene rings is 1. The Bertz CT molecular complexity index is 876. The number of furan rings is 1. The third kappa shape index (κ3) is 2.76. The third-order valence-corrected chi connectivity index (χ3v) is 5.26. The van der Waals surface area contributed by atoms with Gasteiger partial charge >= 0.3 is 0 Å². The molecule has 1 aliphatic carbocycles. The Morgan fingerprint density at radius 1 is 1.12 bits per heavy atom. The fourth-order valence-electron chi connectivity index (χ4n) is 3.88. The summed E-state index contributed by atoms with van der Waals surface area (Å²) in [7, 11) is 0. The van der Waals surface area contributed by atoms with Crippen LogP contribution in [0.15, 0.2) is 46.2 Å². The summed E-state index contributed by atoms with van der Waals surface area (Å²) in [5.41, 5.74) is 6.25. The summed E-state index contributed by atoms with van der Waals surface area (Å²) in [5.74, 6) is 0.960. The van der Waals surface area contributed by atoms with Gasteiger partial charge in [-0.05, 0) is 61.1 Å². The van der Waals surface area contributed by atoms with Crippen molar-refractivity contribution in [1.29, 1.82) is 0 Å². The van der Waals surface area contributed by atoms with Crippen LogP contribution in [0.25, 0.3) is 0 Å². The van der Waals surface area contributed by atoms with E-state index in [2.05, 4.69) is 50.5 Å². The average molecular weight is 336 g/mol. The van der Waals surface area contributed by atoms with Crippen molar-refractivity contribution in [2.24, 2.45) is 5.41 Å². The molecule has 0 radical (unpaired) electrons. The van der Waals surface area contributed by atoms with E-state index < -0.39 is 0 Å². The number of carbonyl (C=O) groups is 1. The van der Waals surface area contributed by atoms with Crippen molar-refractivity contribution in [3.8, 4) is 0 Å². The minimum Gasteiger partial charge on any atom is -0.467 e. The molecular weight excluding hydrogens is 312 g/mol. The number of rotatable bonds is 1. The Labute approximate surface area is 148 Å². The van der Waals surface area contributed by atoms with Crippen LogP contribution >= 0.6 is 0 Å². The molecule has 0 saturated carbocycles. The number of hydrogen-bond acceptors (Lipinski definition) is 4. The van der Waals surface area contributed by atoms with Crippen LogP contribution in [0, 0.1) is 19.3 Å². The van der Waals surface area contributed by atoms with Gasteiger partial charge < -0.3 is 15.1 Å². The second-order valence-corrected chi connectivity index (χ2v) is 8.03. The normalized spacial score (nSPS) is 21.8. The van der Waals surface area contributed by atoms with Crippen LogP contribution in [-0.4, -0.2) is 5.78 Å². The van der Waals surface area contributed by atoms with E-state index in [0.29, 0.717) is 6.42 Å². The molecular formula is C21H24N2O2. The van der Waals surface area contributed by atoms with E-state index in [4.69, 9.17) is 4.42 Å². The van der Waals surface area contributed by atoms with Crippen molar-refractivity contribution in [1.82, 2.24) is 0 Å². The van der Waals surface area contributed by atoms with Gasteiger partial charge in [-0.3, -0.25) is 4.79 Å². The molecule has 0 unspecified atom stereocenters. The molecule has 130 valence electrons. The lowest BCUT2D eigenvalue weighted by Crippen LogP contribution is -2.31. The predicted octanol–water partition coefficient (Wildman–Crippen LogP) is 5.12.